The van der Waals surface area contributed by atoms with Gasteiger partial charge in [0.25, 0.3) is 0 Å². The van der Waals surface area contributed by atoms with E-state index in [-0.39, 0.29) is 5.54 Å². The lowest BCUT2D eigenvalue weighted by atomic mass is 9.97. The van der Waals surface area contributed by atoms with Gasteiger partial charge < -0.3 is 4.74 Å². The van der Waals surface area contributed by atoms with Crippen molar-refractivity contribution in [2.45, 2.75) is 5.54 Å². The number of nitrogens with one attached hydrogen (secondary N) is 1. The Balaban J connectivity index is 2.27. The van der Waals surface area contributed by atoms with Crippen molar-refractivity contribution < 1.29 is 4.74 Å². The number of nitrogens with two attached hydrogens (primary N) is 1. The second-order valence-electron chi connectivity index (χ2n) is 2.82. The highest BCUT2D eigenvalue weighted by atomic mass is 35.5. The molecule has 0 radical (unpaired) electrons. The van der Waals surface area contributed by atoms with Gasteiger partial charge in [-0.3, -0.25) is 5.84 Å². The third-order valence-electron chi connectivity index (χ3n) is 2.02. The lowest BCUT2D eigenvalue weighted by molar-refractivity contribution is -0.0767. The van der Waals surface area contributed by atoms with Crippen LogP contribution in [0.15, 0.2) is 12.1 Å². The van der Waals surface area contributed by atoms with Gasteiger partial charge in [-0.25, -0.2) is 5.43 Å². The van der Waals surface area contributed by atoms with E-state index < -0.39 is 0 Å². The van der Waals surface area contributed by atoms with Crippen LogP contribution >= 0.6 is 22.9 Å². The van der Waals surface area contributed by atoms with E-state index in [1.165, 1.54) is 11.3 Å². The van der Waals surface area contributed by atoms with Crippen molar-refractivity contribution >= 4 is 22.9 Å². The molecule has 1 saturated heterocycles. The average Bonchev–Trinajstić information content (AvgIpc) is 2.35. The molecule has 5 heteroatoms. The van der Waals surface area contributed by atoms with Crippen LogP contribution in [-0.2, 0) is 10.3 Å². The summed E-state index contributed by atoms with van der Waals surface area (Å²) in [5.74, 6) is 5.44. The van der Waals surface area contributed by atoms with E-state index in [4.69, 9.17) is 22.2 Å². The van der Waals surface area contributed by atoms with Gasteiger partial charge in [0.05, 0.1) is 17.6 Å². The third kappa shape index (κ3) is 1.16. The normalized spacial score (nSPS) is 20.5. The van der Waals surface area contributed by atoms with E-state index in [9.17, 15) is 0 Å². The highest BCUT2D eigenvalue weighted by molar-refractivity contribution is 7.16. The van der Waals surface area contributed by atoms with Gasteiger partial charge in [0.2, 0.25) is 0 Å². The lowest BCUT2D eigenvalue weighted by Gasteiger charge is -2.39. The molecule has 0 aromatic carbocycles. The van der Waals surface area contributed by atoms with Crippen molar-refractivity contribution in [3.8, 4) is 0 Å². The van der Waals surface area contributed by atoms with Crippen LogP contribution in [0, 0.1) is 0 Å². The van der Waals surface area contributed by atoms with Crippen LogP contribution in [0.1, 0.15) is 4.88 Å². The Morgan fingerprint density at radius 1 is 1.58 bits per heavy atom. The predicted octanol–water partition coefficient (Wildman–Crippen LogP) is 1.09. The Hall–Kier alpha value is -0.130. The van der Waals surface area contributed by atoms with Crippen molar-refractivity contribution in [2.24, 2.45) is 5.84 Å². The minimum absolute atomic E-state index is 0.183. The number of halogens is 1. The molecule has 2 rings (SSSR count). The Morgan fingerprint density at radius 3 is 2.67 bits per heavy atom. The predicted molar refractivity (Wildman–Crippen MR) is 49.1 cm³/mol. The largest absolute Gasteiger partial charge is 0.377 e. The highest BCUT2D eigenvalue weighted by Crippen LogP contribution is 2.35. The molecule has 0 unspecified atom stereocenters. The maximum atomic E-state index is 5.81. The molecule has 0 spiro atoms. The molecule has 3 nitrogen and oxygen atoms in total. The molecule has 1 aromatic heterocycles. The zero-order valence-electron chi connectivity index (χ0n) is 6.34. The van der Waals surface area contributed by atoms with E-state index in [1.54, 1.807) is 0 Å². The molecule has 0 atom stereocenters. The van der Waals surface area contributed by atoms with Crippen LogP contribution in [0.5, 0.6) is 0 Å². The molecule has 0 amide bonds. The Kier molecular flexibility index (Phi) is 2.10. The first kappa shape index (κ1) is 8.47. The molecule has 1 aliphatic rings. The summed E-state index contributed by atoms with van der Waals surface area (Å²) in [6, 6.07) is 3.86. The van der Waals surface area contributed by atoms with E-state index in [0.29, 0.717) is 13.2 Å². The van der Waals surface area contributed by atoms with Crippen molar-refractivity contribution in [3.63, 3.8) is 0 Å². The maximum absolute atomic E-state index is 5.81. The molecule has 1 fully saturated rings. The molecule has 3 N–H and O–H groups in total. The molecule has 0 aliphatic carbocycles. The fraction of sp³-hybridized carbons (Fsp3) is 0.429. The Bertz CT molecular complexity index is 279. The quantitative estimate of drug-likeness (QED) is 0.560. The molecule has 0 bridgehead atoms. The summed E-state index contributed by atoms with van der Waals surface area (Å²) in [5.41, 5.74) is 2.59. The van der Waals surface area contributed by atoms with Gasteiger partial charge in [-0.15, -0.1) is 11.3 Å². The number of rotatable bonds is 2. The van der Waals surface area contributed by atoms with Crippen molar-refractivity contribution in [3.05, 3.63) is 21.3 Å². The minimum atomic E-state index is -0.183. The summed E-state index contributed by atoms with van der Waals surface area (Å²) in [6.07, 6.45) is 0. The Labute approximate surface area is 79.4 Å². The third-order valence-corrected chi connectivity index (χ3v) is 3.45. The van der Waals surface area contributed by atoms with E-state index in [2.05, 4.69) is 5.43 Å². The zero-order valence-corrected chi connectivity index (χ0v) is 7.91. The van der Waals surface area contributed by atoms with Crippen molar-refractivity contribution in [1.82, 2.24) is 5.43 Å². The molecule has 0 saturated carbocycles. The lowest BCUT2D eigenvalue weighted by Crippen LogP contribution is -2.59. The zero-order chi connectivity index (χ0) is 8.60. The number of hydrazine groups is 1. The number of hydrogen-bond donors (Lipinski definition) is 2. The van der Waals surface area contributed by atoms with Gasteiger partial charge in [-0.1, -0.05) is 11.6 Å². The van der Waals surface area contributed by atoms with Crippen LogP contribution in [0.25, 0.3) is 0 Å². The summed E-state index contributed by atoms with van der Waals surface area (Å²) in [7, 11) is 0. The van der Waals surface area contributed by atoms with Crippen LogP contribution in [0.2, 0.25) is 4.34 Å². The van der Waals surface area contributed by atoms with E-state index >= 15 is 0 Å². The number of ether oxygens (including phenoxy) is 1. The summed E-state index contributed by atoms with van der Waals surface area (Å²) in [6.45, 7) is 1.25. The molecular formula is C7H9ClN2OS. The van der Waals surface area contributed by atoms with Crippen molar-refractivity contribution in [2.75, 3.05) is 13.2 Å². The molecule has 1 aromatic rings. The second kappa shape index (κ2) is 2.97. The van der Waals surface area contributed by atoms with Crippen LogP contribution in [0.3, 0.4) is 0 Å². The first-order valence-electron chi connectivity index (χ1n) is 3.58. The summed E-state index contributed by atoms with van der Waals surface area (Å²) < 4.78 is 5.90. The van der Waals surface area contributed by atoms with E-state index in [1.807, 2.05) is 12.1 Å². The van der Waals surface area contributed by atoms with Crippen LogP contribution < -0.4 is 11.3 Å². The summed E-state index contributed by atoms with van der Waals surface area (Å²) in [5, 5.41) is 0. The molecular weight excluding hydrogens is 196 g/mol. The first-order chi connectivity index (χ1) is 5.77. The number of hydrogen-bond acceptors (Lipinski definition) is 4. The van der Waals surface area contributed by atoms with Crippen molar-refractivity contribution in [1.29, 1.82) is 0 Å². The smallest absolute Gasteiger partial charge is 0.113 e. The minimum Gasteiger partial charge on any atom is -0.377 e. The van der Waals surface area contributed by atoms with Gasteiger partial charge in [0, 0.05) is 4.88 Å². The second-order valence-corrected chi connectivity index (χ2v) is 4.54. The van der Waals surface area contributed by atoms with E-state index in [0.717, 1.165) is 9.21 Å². The molecule has 12 heavy (non-hydrogen) atoms. The van der Waals surface area contributed by atoms with Gasteiger partial charge in [0.15, 0.2) is 0 Å². The van der Waals surface area contributed by atoms with Gasteiger partial charge >= 0.3 is 0 Å². The molecule has 1 aliphatic heterocycles. The fourth-order valence-electron chi connectivity index (χ4n) is 1.17. The fourth-order valence-corrected chi connectivity index (χ4v) is 2.34. The average molecular weight is 205 g/mol. The number of thiophene rings is 1. The van der Waals surface area contributed by atoms with Crippen LogP contribution in [-0.4, -0.2) is 13.2 Å². The topological polar surface area (TPSA) is 47.3 Å². The maximum Gasteiger partial charge on any atom is 0.113 e. The SMILES string of the molecule is NNC1(c2ccc(Cl)s2)COC1. The summed E-state index contributed by atoms with van der Waals surface area (Å²) in [4.78, 5) is 1.14. The molecule has 2 heterocycles. The molecule has 66 valence electrons. The van der Waals surface area contributed by atoms with Gasteiger partial charge in [0.1, 0.15) is 5.54 Å². The first-order valence-corrected chi connectivity index (χ1v) is 4.78. The standard InChI is InChI=1S/C7H9ClN2OS/c8-6-2-1-5(12-6)7(10-9)3-11-4-7/h1-2,10H,3-4,9H2. The van der Waals surface area contributed by atoms with Crippen LogP contribution in [0.4, 0.5) is 0 Å². The Morgan fingerprint density at radius 2 is 2.33 bits per heavy atom. The monoisotopic (exact) mass is 204 g/mol. The van der Waals surface area contributed by atoms with Gasteiger partial charge in [-0.2, -0.15) is 0 Å². The van der Waals surface area contributed by atoms with Gasteiger partial charge in [-0.05, 0) is 12.1 Å². The summed E-state index contributed by atoms with van der Waals surface area (Å²) >= 11 is 7.35. The highest BCUT2D eigenvalue weighted by Gasteiger charge is 2.40.